The summed E-state index contributed by atoms with van der Waals surface area (Å²) in [6.07, 6.45) is 72.5. The third-order valence-electron chi connectivity index (χ3n) is 11.6. The Morgan fingerprint density at radius 2 is 0.582 bits per heavy atom. The minimum Gasteiger partial charge on any atom is -0.462 e. The zero-order valence-corrected chi connectivity index (χ0v) is 43.6. The summed E-state index contributed by atoms with van der Waals surface area (Å²) in [4.78, 5) is 38.1. The Labute approximate surface area is 413 Å². The highest BCUT2D eigenvalue weighted by Gasteiger charge is 2.19. The first kappa shape index (κ1) is 63.3. The maximum atomic E-state index is 12.8. The number of carbonyl (C=O) groups is 3. The van der Waals surface area contributed by atoms with E-state index in [9.17, 15) is 14.4 Å². The van der Waals surface area contributed by atoms with E-state index >= 15 is 0 Å². The molecule has 0 bridgehead atoms. The fourth-order valence-corrected chi connectivity index (χ4v) is 7.48. The molecule has 0 aromatic heterocycles. The molecule has 6 heteroatoms. The average Bonchev–Trinajstić information content (AvgIpc) is 3.33. The van der Waals surface area contributed by atoms with Crippen molar-refractivity contribution < 1.29 is 28.6 Å². The zero-order chi connectivity index (χ0) is 48.6. The lowest BCUT2D eigenvalue weighted by Gasteiger charge is -2.18. The Hall–Kier alpha value is -3.67. The van der Waals surface area contributed by atoms with E-state index in [0.29, 0.717) is 19.3 Å². The molecule has 0 rings (SSSR count). The van der Waals surface area contributed by atoms with Gasteiger partial charge in [-0.15, -0.1) is 0 Å². The Bertz CT molecular complexity index is 1350. The second-order valence-electron chi connectivity index (χ2n) is 18.1. The second kappa shape index (κ2) is 54.9. The molecule has 67 heavy (non-hydrogen) atoms. The Morgan fingerprint density at radius 1 is 0.313 bits per heavy atom. The monoisotopic (exact) mass is 931 g/mol. The average molecular weight is 931 g/mol. The molecule has 0 aromatic carbocycles. The van der Waals surface area contributed by atoms with Crippen molar-refractivity contribution in [1.82, 2.24) is 0 Å². The van der Waals surface area contributed by atoms with E-state index in [0.717, 1.165) is 135 Å². The summed E-state index contributed by atoms with van der Waals surface area (Å²) in [5, 5.41) is 0. The molecule has 0 aliphatic rings. The lowest BCUT2D eigenvalue weighted by Crippen LogP contribution is -2.30. The minimum absolute atomic E-state index is 0.0942. The number of carbonyl (C=O) groups excluding carboxylic acids is 3. The van der Waals surface area contributed by atoms with Crippen LogP contribution in [-0.2, 0) is 28.6 Å². The van der Waals surface area contributed by atoms with Crippen LogP contribution in [0.25, 0.3) is 0 Å². The van der Waals surface area contributed by atoms with Crippen LogP contribution in [0.2, 0.25) is 0 Å². The molecule has 0 N–H and O–H groups in total. The molecule has 0 spiro atoms. The predicted octanol–water partition coefficient (Wildman–Crippen LogP) is 18.5. The summed E-state index contributed by atoms with van der Waals surface area (Å²) in [5.41, 5.74) is 0. The van der Waals surface area contributed by atoms with Crippen molar-refractivity contribution in [2.24, 2.45) is 0 Å². The van der Waals surface area contributed by atoms with Gasteiger partial charge in [0.25, 0.3) is 0 Å². The largest absolute Gasteiger partial charge is 0.462 e. The number of rotatable bonds is 49. The van der Waals surface area contributed by atoms with Crippen LogP contribution in [0.1, 0.15) is 252 Å². The fraction of sp³-hybridized carbons (Fsp3) is 0.689. The molecule has 1 atom stereocenters. The van der Waals surface area contributed by atoms with E-state index in [4.69, 9.17) is 14.2 Å². The Balaban J connectivity index is 4.47. The van der Waals surface area contributed by atoms with Gasteiger partial charge in [0.2, 0.25) is 0 Å². The number of hydrogen-bond donors (Lipinski definition) is 0. The quantitative estimate of drug-likeness (QED) is 0.0262. The van der Waals surface area contributed by atoms with Gasteiger partial charge < -0.3 is 14.2 Å². The van der Waals surface area contributed by atoms with Crippen molar-refractivity contribution in [2.45, 2.75) is 258 Å². The van der Waals surface area contributed by atoms with Gasteiger partial charge in [0.1, 0.15) is 13.2 Å². The number of unbranched alkanes of at least 4 members (excludes halogenated alkanes) is 22. The lowest BCUT2D eigenvalue weighted by molar-refractivity contribution is -0.167. The molecule has 0 saturated heterocycles. The lowest BCUT2D eigenvalue weighted by atomic mass is 10.0. The van der Waals surface area contributed by atoms with Gasteiger partial charge in [0.15, 0.2) is 6.10 Å². The van der Waals surface area contributed by atoms with E-state index in [-0.39, 0.29) is 31.1 Å². The molecule has 0 radical (unpaired) electrons. The normalized spacial score (nSPS) is 12.8. The second-order valence-corrected chi connectivity index (χ2v) is 18.1. The van der Waals surface area contributed by atoms with Crippen LogP contribution in [-0.4, -0.2) is 37.2 Å². The van der Waals surface area contributed by atoms with Gasteiger partial charge in [-0.1, -0.05) is 234 Å². The van der Waals surface area contributed by atoms with Crippen molar-refractivity contribution in [3.8, 4) is 0 Å². The smallest absolute Gasteiger partial charge is 0.306 e. The maximum Gasteiger partial charge on any atom is 0.306 e. The molecule has 382 valence electrons. The first-order valence-electron chi connectivity index (χ1n) is 27.7. The Morgan fingerprint density at radius 3 is 0.925 bits per heavy atom. The third-order valence-corrected chi connectivity index (χ3v) is 11.6. The van der Waals surface area contributed by atoms with Crippen molar-refractivity contribution in [2.75, 3.05) is 13.2 Å². The van der Waals surface area contributed by atoms with E-state index in [1.165, 1.54) is 77.0 Å². The molecule has 0 unspecified atom stereocenters. The van der Waals surface area contributed by atoms with Crippen molar-refractivity contribution >= 4 is 17.9 Å². The predicted molar refractivity (Wildman–Crippen MR) is 288 cm³/mol. The summed E-state index contributed by atoms with van der Waals surface area (Å²) in [5.74, 6) is -0.942. The van der Waals surface area contributed by atoms with Gasteiger partial charge >= 0.3 is 17.9 Å². The molecule has 6 nitrogen and oxygen atoms in total. The van der Waals surface area contributed by atoms with Crippen LogP contribution in [0.4, 0.5) is 0 Å². The molecule has 0 amide bonds. The standard InChI is InChI=1S/C61H102O6/c1-4-7-10-13-16-19-22-25-28-29-30-31-34-36-39-42-45-48-51-54-60(63)66-57-58(67-61(64)55-52-49-46-43-40-37-33-27-24-21-18-15-12-9-6-3)56-65-59(62)53-50-47-44-41-38-35-32-26-23-20-17-14-11-8-5-2/h7,9-10,12,16,18-19,21,25,27-28,30-31,33,36,39,58H,4-6,8,11,13-15,17,20,22-24,26,29,32,34-35,37-38,40-57H2,1-3H3/b10-7+,12-9+,19-16+,21-18+,28-25+,31-30+,33-27+,39-36+/t58-/m1/s1. The SMILES string of the molecule is CC/C=C/C/C=C/C/C=C/C/C=C/C/C=C/CCCCCC(=O)OC[C@@H](COC(=O)CCCCCCCCCCCCCCCCC)OC(=O)CCCCCCC/C=C/C/C=C/C/C=C/CC. The van der Waals surface area contributed by atoms with Crippen LogP contribution in [0.15, 0.2) is 97.2 Å². The van der Waals surface area contributed by atoms with Gasteiger partial charge in [0.05, 0.1) is 0 Å². The molecular formula is C61H102O6. The fourth-order valence-electron chi connectivity index (χ4n) is 7.48. The highest BCUT2D eigenvalue weighted by molar-refractivity contribution is 5.71. The summed E-state index contributed by atoms with van der Waals surface area (Å²) >= 11 is 0. The molecule has 0 aromatic rings. The number of allylic oxidation sites excluding steroid dienone is 16. The van der Waals surface area contributed by atoms with Gasteiger partial charge in [0, 0.05) is 19.3 Å². The first-order valence-corrected chi connectivity index (χ1v) is 27.7. The van der Waals surface area contributed by atoms with E-state index in [2.05, 4.69) is 118 Å². The topological polar surface area (TPSA) is 78.9 Å². The van der Waals surface area contributed by atoms with E-state index in [1.807, 2.05) is 0 Å². The molecule has 0 saturated carbocycles. The minimum atomic E-state index is -0.800. The number of esters is 3. The summed E-state index contributed by atoms with van der Waals surface area (Å²) < 4.78 is 16.8. The Kier molecular flexibility index (Phi) is 51.9. The highest BCUT2D eigenvalue weighted by Crippen LogP contribution is 2.15. The highest BCUT2D eigenvalue weighted by atomic mass is 16.6. The van der Waals surface area contributed by atoms with Crippen molar-refractivity contribution in [3.63, 3.8) is 0 Å². The van der Waals surface area contributed by atoms with E-state index < -0.39 is 6.10 Å². The van der Waals surface area contributed by atoms with Gasteiger partial charge in [-0.25, -0.2) is 0 Å². The summed E-state index contributed by atoms with van der Waals surface area (Å²) in [7, 11) is 0. The van der Waals surface area contributed by atoms with Crippen molar-refractivity contribution in [3.05, 3.63) is 97.2 Å². The van der Waals surface area contributed by atoms with Crippen LogP contribution in [0, 0.1) is 0 Å². The molecular weight excluding hydrogens is 829 g/mol. The first-order chi connectivity index (χ1) is 33.0. The maximum absolute atomic E-state index is 12.8. The summed E-state index contributed by atoms with van der Waals surface area (Å²) in [6, 6.07) is 0. The third kappa shape index (κ3) is 53.2. The van der Waals surface area contributed by atoms with Crippen LogP contribution in [0.5, 0.6) is 0 Å². The summed E-state index contributed by atoms with van der Waals surface area (Å²) in [6.45, 7) is 6.38. The van der Waals surface area contributed by atoms with Crippen LogP contribution in [0.3, 0.4) is 0 Å². The zero-order valence-electron chi connectivity index (χ0n) is 43.6. The van der Waals surface area contributed by atoms with Crippen LogP contribution >= 0.6 is 0 Å². The van der Waals surface area contributed by atoms with Crippen molar-refractivity contribution in [1.29, 1.82) is 0 Å². The number of ether oxygens (including phenoxy) is 3. The van der Waals surface area contributed by atoms with Gasteiger partial charge in [-0.05, 0) is 96.3 Å². The van der Waals surface area contributed by atoms with Crippen LogP contribution < -0.4 is 0 Å². The number of hydrogen-bond acceptors (Lipinski definition) is 6. The molecule has 0 heterocycles. The van der Waals surface area contributed by atoms with Gasteiger partial charge in [-0.2, -0.15) is 0 Å². The van der Waals surface area contributed by atoms with E-state index in [1.54, 1.807) is 0 Å². The molecule has 0 aliphatic carbocycles. The molecule has 0 aliphatic heterocycles. The molecule has 0 fully saturated rings. The van der Waals surface area contributed by atoms with Gasteiger partial charge in [-0.3, -0.25) is 14.4 Å².